The molecule has 0 radical (unpaired) electrons. The predicted octanol–water partition coefficient (Wildman–Crippen LogP) is 19.4. The van der Waals surface area contributed by atoms with Crippen LogP contribution >= 0.6 is 0 Å². The molecule has 0 heterocycles. The lowest BCUT2D eigenvalue weighted by Gasteiger charge is -2.19. The highest BCUT2D eigenvalue weighted by atomic mass is 16.5. The van der Waals surface area contributed by atoms with Crippen molar-refractivity contribution in [3.8, 4) is 0 Å². The van der Waals surface area contributed by atoms with Gasteiger partial charge in [-0.25, -0.2) is 0 Å². The maximum absolute atomic E-state index is 12.5. The second-order valence-corrected chi connectivity index (χ2v) is 21.0. The lowest BCUT2D eigenvalue weighted by molar-refractivity contribution is -0.143. The van der Waals surface area contributed by atoms with Gasteiger partial charge in [0.05, 0.1) is 25.4 Å². The van der Waals surface area contributed by atoms with Gasteiger partial charge < -0.3 is 20.3 Å². The molecule has 70 heavy (non-hydrogen) atoms. The number of nitrogens with one attached hydrogen (secondary N) is 1. The molecule has 0 aromatic heterocycles. The monoisotopic (exact) mass is 982 g/mol. The van der Waals surface area contributed by atoms with Gasteiger partial charge in [-0.05, 0) is 77.0 Å². The van der Waals surface area contributed by atoms with E-state index in [1.807, 2.05) is 12.2 Å². The van der Waals surface area contributed by atoms with Crippen molar-refractivity contribution in [3.05, 3.63) is 48.6 Å². The number of amides is 1. The highest BCUT2D eigenvalue weighted by molar-refractivity contribution is 5.76. The molecular weight excluding hydrogens is 863 g/mol. The van der Waals surface area contributed by atoms with E-state index in [0.29, 0.717) is 25.9 Å². The van der Waals surface area contributed by atoms with Crippen molar-refractivity contribution in [1.82, 2.24) is 5.32 Å². The van der Waals surface area contributed by atoms with E-state index in [1.165, 1.54) is 238 Å². The van der Waals surface area contributed by atoms with E-state index in [9.17, 15) is 19.8 Å². The summed E-state index contributed by atoms with van der Waals surface area (Å²) < 4.78 is 5.47. The fourth-order valence-electron chi connectivity index (χ4n) is 9.33. The maximum Gasteiger partial charge on any atom is 0.305 e. The SMILES string of the molecule is CCCCCCCCC/C=C\CCCCCCCCCC(=O)OCCCCCCCC/C=C\C/C=C\CCC(=O)NC(CO)C(O)/C=C/CCCCCCCCCCCCCCCCCCCCCC. The third kappa shape index (κ3) is 55.1. The molecular formula is C64H119NO5. The van der Waals surface area contributed by atoms with E-state index in [2.05, 4.69) is 49.5 Å². The first-order valence-corrected chi connectivity index (χ1v) is 30.9. The van der Waals surface area contributed by atoms with Crippen molar-refractivity contribution in [2.45, 2.75) is 334 Å². The normalized spacial score (nSPS) is 12.9. The number of hydrogen-bond donors (Lipinski definition) is 3. The summed E-state index contributed by atoms with van der Waals surface area (Å²) in [5, 5.41) is 23.1. The Morgan fingerprint density at radius 3 is 1.13 bits per heavy atom. The number of aliphatic hydroxyl groups excluding tert-OH is 2. The molecule has 0 rings (SSSR count). The van der Waals surface area contributed by atoms with Crippen LogP contribution in [0.25, 0.3) is 0 Å². The molecule has 0 spiro atoms. The maximum atomic E-state index is 12.5. The first-order valence-electron chi connectivity index (χ1n) is 30.9. The van der Waals surface area contributed by atoms with Gasteiger partial charge in [0.2, 0.25) is 5.91 Å². The molecule has 0 bridgehead atoms. The summed E-state index contributed by atoms with van der Waals surface area (Å²) >= 11 is 0. The number of ether oxygens (including phenoxy) is 1. The minimum atomic E-state index is -0.881. The number of carbonyl (C=O) groups excluding carboxylic acids is 2. The van der Waals surface area contributed by atoms with Gasteiger partial charge in [-0.3, -0.25) is 9.59 Å². The van der Waals surface area contributed by atoms with Crippen LogP contribution < -0.4 is 5.32 Å². The van der Waals surface area contributed by atoms with Gasteiger partial charge in [-0.1, -0.05) is 281 Å². The van der Waals surface area contributed by atoms with Gasteiger partial charge >= 0.3 is 5.97 Å². The zero-order valence-electron chi connectivity index (χ0n) is 46.7. The van der Waals surface area contributed by atoms with Gasteiger partial charge in [0.15, 0.2) is 0 Å². The molecule has 0 saturated heterocycles. The van der Waals surface area contributed by atoms with E-state index >= 15 is 0 Å². The number of unbranched alkanes of at least 4 members (excludes halogenated alkanes) is 40. The van der Waals surface area contributed by atoms with Crippen molar-refractivity contribution in [2.24, 2.45) is 0 Å². The Labute approximate surface area is 436 Å². The Kier molecular flexibility index (Phi) is 57.5. The zero-order valence-corrected chi connectivity index (χ0v) is 46.7. The molecule has 1 amide bonds. The van der Waals surface area contributed by atoms with E-state index < -0.39 is 12.1 Å². The van der Waals surface area contributed by atoms with Gasteiger partial charge in [0, 0.05) is 12.8 Å². The minimum absolute atomic E-state index is 0.0212. The van der Waals surface area contributed by atoms with Crippen molar-refractivity contribution < 1.29 is 24.5 Å². The smallest absolute Gasteiger partial charge is 0.305 e. The molecule has 0 aliphatic heterocycles. The molecule has 2 atom stereocenters. The lowest BCUT2D eigenvalue weighted by Crippen LogP contribution is -2.45. The van der Waals surface area contributed by atoms with Crippen LogP contribution in [-0.4, -0.2) is 47.4 Å². The molecule has 3 N–H and O–H groups in total. The van der Waals surface area contributed by atoms with Crippen molar-refractivity contribution in [1.29, 1.82) is 0 Å². The van der Waals surface area contributed by atoms with Crippen molar-refractivity contribution >= 4 is 11.9 Å². The topological polar surface area (TPSA) is 95.9 Å². The van der Waals surface area contributed by atoms with E-state index in [0.717, 1.165) is 51.4 Å². The molecule has 410 valence electrons. The summed E-state index contributed by atoms with van der Waals surface area (Å²) in [7, 11) is 0. The third-order valence-corrected chi connectivity index (χ3v) is 14.1. The number of esters is 1. The summed E-state index contributed by atoms with van der Waals surface area (Å²) in [6.07, 6.45) is 75.9. The average molecular weight is 983 g/mol. The Morgan fingerprint density at radius 2 is 0.729 bits per heavy atom. The largest absolute Gasteiger partial charge is 0.466 e. The highest BCUT2D eigenvalue weighted by Crippen LogP contribution is 2.17. The highest BCUT2D eigenvalue weighted by Gasteiger charge is 2.17. The van der Waals surface area contributed by atoms with E-state index in [1.54, 1.807) is 6.08 Å². The second-order valence-electron chi connectivity index (χ2n) is 21.0. The van der Waals surface area contributed by atoms with Crippen molar-refractivity contribution in [3.63, 3.8) is 0 Å². The Morgan fingerprint density at radius 1 is 0.400 bits per heavy atom. The molecule has 0 aliphatic carbocycles. The van der Waals surface area contributed by atoms with Crippen LogP contribution in [-0.2, 0) is 14.3 Å². The summed E-state index contributed by atoms with van der Waals surface area (Å²) in [6.45, 7) is 4.85. The summed E-state index contributed by atoms with van der Waals surface area (Å²) in [5.41, 5.74) is 0. The molecule has 2 unspecified atom stereocenters. The number of aliphatic hydroxyl groups is 2. The van der Waals surface area contributed by atoms with Crippen LogP contribution in [0, 0.1) is 0 Å². The molecule has 0 fully saturated rings. The van der Waals surface area contributed by atoms with Crippen LogP contribution in [0.4, 0.5) is 0 Å². The second kappa shape index (κ2) is 59.4. The van der Waals surface area contributed by atoms with Crippen LogP contribution in [0.2, 0.25) is 0 Å². The number of carbonyl (C=O) groups is 2. The lowest BCUT2D eigenvalue weighted by atomic mass is 10.0. The third-order valence-electron chi connectivity index (χ3n) is 14.1. The summed E-state index contributed by atoms with van der Waals surface area (Å²) in [4.78, 5) is 24.5. The summed E-state index contributed by atoms with van der Waals surface area (Å²) in [5.74, 6) is -0.168. The van der Waals surface area contributed by atoms with Gasteiger partial charge in [0.1, 0.15) is 0 Å². The quantitative estimate of drug-likeness (QED) is 0.0321. The Bertz CT molecular complexity index is 1180. The standard InChI is InChI=1S/C64H119NO5/c1-3-5-7-9-11-13-15-17-19-21-23-24-25-26-27-29-32-36-40-44-48-52-56-62(67)61(60-66)65-63(68)57-53-49-45-41-37-33-31-35-39-43-47-51-55-59-70-64(69)58-54-50-46-42-38-34-30-28-22-20-18-16-14-12-10-8-6-4-2/h20,22,33,37,45,49,52,56,61-62,66-67H,3-19,21,23-32,34-36,38-44,46-48,50-51,53-55,57-60H2,1-2H3,(H,65,68)/b22-20-,37-33-,49-45-,56-52+. The van der Waals surface area contributed by atoms with Gasteiger partial charge in [0.25, 0.3) is 0 Å². The first kappa shape index (κ1) is 67.8. The first-order chi connectivity index (χ1) is 34.5. The number of rotatable bonds is 57. The molecule has 6 nitrogen and oxygen atoms in total. The van der Waals surface area contributed by atoms with Gasteiger partial charge in [-0.15, -0.1) is 0 Å². The Hall–Kier alpha value is -2.18. The van der Waals surface area contributed by atoms with Crippen LogP contribution in [0.5, 0.6) is 0 Å². The van der Waals surface area contributed by atoms with Crippen LogP contribution in [0.15, 0.2) is 48.6 Å². The van der Waals surface area contributed by atoms with Crippen LogP contribution in [0.1, 0.15) is 322 Å². The molecule has 0 aliphatic rings. The molecule has 0 saturated carbocycles. The van der Waals surface area contributed by atoms with E-state index in [4.69, 9.17) is 4.74 Å². The molecule has 0 aromatic rings. The van der Waals surface area contributed by atoms with Gasteiger partial charge in [-0.2, -0.15) is 0 Å². The number of hydrogen-bond acceptors (Lipinski definition) is 5. The van der Waals surface area contributed by atoms with Crippen LogP contribution in [0.3, 0.4) is 0 Å². The molecule has 0 aromatic carbocycles. The number of allylic oxidation sites excluding steroid dienone is 7. The fraction of sp³-hybridized carbons (Fsp3) is 0.844. The Balaban J connectivity index is 3.56. The molecule has 6 heteroatoms. The summed E-state index contributed by atoms with van der Waals surface area (Å²) in [6, 6.07) is -0.674. The van der Waals surface area contributed by atoms with E-state index in [-0.39, 0.29) is 18.5 Å². The van der Waals surface area contributed by atoms with Crippen molar-refractivity contribution in [2.75, 3.05) is 13.2 Å². The fourth-order valence-corrected chi connectivity index (χ4v) is 9.33. The average Bonchev–Trinajstić information content (AvgIpc) is 3.36. The zero-order chi connectivity index (χ0) is 50.7. The predicted molar refractivity (Wildman–Crippen MR) is 306 cm³/mol. The minimum Gasteiger partial charge on any atom is -0.466 e.